The maximum absolute atomic E-state index is 12.6. The number of amides is 1. The van der Waals surface area contributed by atoms with Gasteiger partial charge in [-0.15, -0.1) is 0 Å². The quantitative estimate of drug-likeness (QED) is 0.310. The van der Waals surface area contributed by atoms with Crippen molar-refractivity contribution in [2.75, 3.05) is 13.7 Å². The van der Waals surface area contributed by atoms with Crippen molar-refractivity contribution in [3.8, 4) is 11.5 Å². The van der Waals surface area contributed by atoms with E-state index in [0.717, 1.165) is 53.3 Å². The Labute approximate surface area is 200 Å². The number of nitrogens with one attached hydrogen (secondary N) is 1. The SMILES string of the molecule is COc1cccc(OCCCCn2c(C(C)NC(=O)Cc3ccccc3)nc3ccccc32)c1. The molecule has 1 atom stereocenters. The van der Waals surface area contributed by atoms with Crippen molar-refractivity contribution in [3.63, 3.8) is 0 Å². The normalized spacial score (nSPS) is 11.8. The van der Waals surface area contributed by atoms with Gasteiger partial charge in [-0.25, -0.2) is 4.98 Å². The van der Waals surface area contributed by atoms with Gasteiger partial charge in [0.1, 0.15) is 17.3 Å². The van der Waals surface area contributed by atoms with E-state index in [4.69, 9.17) is 14.5 Å². The van der Waals surface area contributed by atoms with E-state index in [9.17, 15) is 4.79 Å². The fourth-order valence-electron chi connectivity index (χ4n) is 4.05. The van der Waals surface area contributed by atoms with Crippen molar-refractivity contribution in [3.05, 3.63) is 90.3 Å². The maximum Gasteiger partial charge on any atom is 0.224 e. The summed E-state index contributed by atoms with van der Waals surface area (Å²) in [6.07, 6.45) is 2.19. The number of nitrogens with zero attached hydrogens (tertiary/aromatic N) is 2. The minimum atomic E-state index is -0.198. The van der Waals surface area contributed by atoms with Gasteiger partial charge in [0.2, 0.25) is 5.91 Å². The third kappa shape index (κ3) is 5.95. The van der Waals surface area contributed by atoms with Crippen LogP contribution in [0.2, 0.25) is 0 Å². The Balaban J connectivity index is 1.38. The van der Waals surface area contributed by atoms with E-state index < -0.39 is 0 Å². The van der Waals surface area contributed by atoms with E-state index in [-0.39, 0.29) is 11.9 Å². The van der Waals surface area contributed by atoms with Gasteiger partial charge in [0, 0.05) is 12.6 Å². The summed E-state index contributed by atoms with van der Waals surface area (Å²) in [7, 11) is 1.65. The number of hydrogen-bond acceptors (Lipinski definition) is 4. The first-order valence-electron chi connectivity index (χ1n) is 11.7. The molecular formula is C28H31N3O3. The van der Waals surface area contributed by atoms with Gasteiger partial charge in [-0.1, -0.05) is 48.5 Å². The van der Waals surface area contributed by atoms with Crippen molar-refractivity contribution in [2.45, 2.75) is 38.8 Å². The minimum absolute atomic E-state index is 0.0102. The van der Waals surface area contributed by atoms with Crippen LogP contribution in [0.5, 0.6) is 11.5 Å². The molecule has 0 saturated heterocycles. The number of rotatable bonds is 11. The summed E-state index contributed by atoms with van der Waals surface area (Å²) in [5, 5.41) is 3.12. The highest BCUT2D eigenvalue weighted by Gasteiger charge is 2.18. The number of aryl methyl sites for hydroxylation is 1. The molecule has 6 heteroatoms. The van der Waals surface area contributed by atoms with Crippen LogP contribution in [-0.2, 0) is 17.8 Å². The highest BCUT2D eigenvalue weighted by Crippen LogP contribution is 2.22. The van der Waals surface area contributed by atoms with Crippen LogP contribution >= 0.6 is 0 Å². The van der Waals surface area contributed by atoms with Crippen molar-refractivity contribution in [1.29, 1.82) is 0 Å². The van der Waals surface area contributed by atoms with Crippen LogP contribution in [0.3, 0.4) is 0 Å². The monoisotopic (exact) mass is 457 g/mol. The lowest BCUT2D eigenvalue weighted by molar-refractivity contribution is -0.121. The number of benzene rings is 3. The predicted octanol–water partition coefficient (Wildman–Crippen LogP) is 5.32. The molecule has 1 heterocycles. The van der Waals surface area contributed by atoms with Gasteiger partial charge in [0.15, 0.2) is 0 Å². The lowest BCUT2D eigenvalue weighted by atomic mass is 10.1. The molecule has 0 radical (unpaired) electrons. The topological polar surface area (TPSA) is 65.4 Å². The van der Waals surface area contributed by atoms with Crippen LogP contribution in [0.25, 0.3) is 11.0 Å². The number of ether oxygens (including phenoxy) is 2. The molecule has 0 spiro atoms. The van der Waals surface area contributed by atoms with E-state index in [1.165, 1.54) is 0 Å². The molecule has 4 aromatic rings. The maximum atomic E-state index is 12.6. The Morgan fingerprint density at radius 3 is 2.56 bits per heavy atom. The summed E-state index contributed by atoms with van der Waals surface area (Å²) in [5.41, 5.74) is 3.02. The summed E-state index contributed by atoms with van der Waals surface area (Å²) in [6.45, 7) is 3.42. The molecule has 1 amide bonds. The van der Waals surface area contributed by atoms with E-state index >= 15 is 0 Å². The summed E-state index contributed by atoms with van der Waals surface area (Å²) >= 11 is 0. The third-order valence-corrected chi connectivity index (χ3v) is 5.74. The van der Waals surface area contributed by atoms with Crippen molar-refractivity contribution in [2.24, 2.45) is 0 Å². The molecule has 4 rings (SSSR count). The fraction of sp³-hybridized carbons (Fsp3) is 0.286. The van der Waals surface area contributed by atoms with E-state index in [0.29, 0.717) is 13.0 Å². The molecule has 6 nitrogen and oxygen atoms in total. The molecule has 0 fully saturated rings. The Hall–Kier alpha value is -3.80. The van der Waals surface area contributed by atoms with Gasteiger partial charge in [-0.2, -0.15) is 0 Å². The van der Waals surface area contributed by atoms with Gasteiger partial charge in [0.05, 0.1) is 37.2 Å². The Kier molecular flexibility index (Phi) is 7.81. The summed E-state index contributed by atoms with van der Waals surface area (Å²) in [4.78, 5) is 17.5. The van der Waals surface area contributed by atoms with Gasteiger partial charge >= 0.3 is 0 Å². The Morgan fingerprint density at radius 2 is 1.74 bits per heavy atom. The van der Waals surface area contributed by atoms with E-state index in [1.807, 2.05) is 79.7 Å². The lowest BCUT2D eigenvalue weighted by Crippen LogP contribution is -2.30. The molecule has 0 bridgehead atoms. The van der Waals surface area contributed by atoms with Gasteiger partial charge < -0.3 is 19.4 Å². The van der Waals surface area contributed by atoms with Crippen LogP contribution in [-0.4, -0.2) is 29.2 Å². The molecule has 3 aromatic carbocycles. The number of carbonyl (C=O) groups excluding carboxylic acids is 1. The molecule has 1 N–H and O–H groups in total. The summed E-state index contributed by atoms with van der Waals surface area (Å²) in [6, 6.07) is 25.3. The van der Waals surface area contributed by atoms with Crippen LogP contribution in [0.4, 0.5) is 0 Å². The third-order valence-electron chi connectivity index (χ3n) is 5.74. The lowest BCUT2D eigenvalue weighted by Gasteiger charge is -2.17. The number of imidazole rings is 1. The highest BCUT2D eigenvalue weighted by atomic mass is 16.5. The molecule has 0 saturated carbocycles. The number of fused-ring (bicyclic) bond motifs is 1. The first-order chi connectivity index (χ1) is 16.6. The minimum Gasteiger partial charge on any atom is -0.497 e. The zero-order chi connectivity index (χ0) is 23.8. The van der Waals surface area contributed by atoms with Crippen molar-refractivity contribution < 1.29 is 14.3 Å². The van der Waals surface area contributed by atoms with Crippen molar-refractivity contribution >= 4 is 16.9 Å². The zero-order valence-electron chi connectivity index (χ0n) is 19.7. The number of aromatic nitrogens is 2. The number of para-hydroxylation sites is 2. The number of carbonyl (C=O) groups is 1. The van der Waals surface area contributed by atoms with Crippen LogP contribution in [0, 0.1) is 0 Å². The Morgan fingerprint density at radius 1 is 0.971 bits per heavy atom. The van der Waals surface area contributed by atoms with Crippen LogP contribution in [0.1, 0.15) is 37.2 Å². The second-order valence-corrected chi connectivity index (χ2v) is 8.30. The van der Waals surface area contributed by atoms with Gasteiger partial charge in [-0.05, 0) is 49.6 Å². The standard InChI is InChI=1S/C28H31N3O3/c1-21(29-27(32)19-22-11-4-3-5-12-22)28-30-25-15-6-7-16-26(25)31(28)17-8-9-18-34-24-14-10-13-23(20-24)33-2/h3-7,10-16,20-21H,8-9,17-19H2,1-2H3,(H,29,32). The average Bonchev–Trinajstić information content (AvgIpc) is 3.23. The fourth-order valence-corrected chi connectivity index (χ4v) is 4.05. The van der Waals surface area contributed by atoms with Crippen molar-refractivity contribution in [1.82, 2.24) is 14.9 Å². The second kappa shape index (κ2) is 11.4. The van der Waals surface area contributed by atoms with Crippen LogP contribution < -0.4 is 14.8 Å². The second-order valence-electron chi connectivity index (χ2n) is 8.30. The number of hydrogen-bond donors (Lipinski definition) is 1. The molecule has 0 aliphatic heterocycles. The van der Waals surface area contributed by atoms with Gasteiger partial charge in [-0.3, -0.25) is 4.79 Å². The largest absolute Gasteiger partial charge is 0.497 e. The first kappa shape index (κ1) is 23.4. The highest BCUT2D eigenvalue weighted by molar-refractivity contribution is 5.79. The smallest absolute Gasteiger partial charge is 0.224 e. The molecule has 34 heavy (non-hydrogen) atoms. The van der Waals surface area contributed by atoms with E-state index in [2.05, 4.69) is 16.0 Å². The Bertz CT molecular complexity index is 1220. The zero-order valence-corrected chi connectivity index (χ0v) is 19.7. The summed E-state index contributed by atoms with van der Waals surface area (Å²) in [5.74, 6) is 2.46. The van der Waals surface area contributed by atoms with Gasteiger partial charge in [0.25, 0.3) is 0 Å². The molecule has 1 aromatic heterocycles. The van der Waals surface area contributed by atoms with Crippen LogP contribution in [0.15, 0.2) is 78.9 Å². The predicted molar refractivity (Wildman–Crippen MR) is 134 cm³/mol. The number of unbranched alkanes of at least 4 members (excludes halogenated alkanes) is 1. The first-order valence-corrected chi connectivity index (χ1v) is 11.7. The number of methoxy groups -OCH3 is 1. The van der Waals surface area contributed by atoms with E-state index in [1.54, 1.807) is 7.11 Å². The summed E-state index contributed by atoms with van der Waals surface area (Å²) < 4.78 is 13.3. The molecule has 0 aliphatic rings. The molecule has 0 aliphatic carbocycles. The average molecular weight is 458 g/mol. The molecule has 176 valence electrons. The molecule has 1 unspecified atom stereocenters. The molecular weight excluding hydrogens is 426 g/mol.